The number of benzene rings is 1. The lowest BCUT2D eigenvalue weighted by Gasteiger charge is -2.46. The highest BCUT2D eigenvalue weighted by atomic mass is 32.2. The molecule has 1 aromatic carbocycles. The van der Waals surface area contributed by atoms with Gasteiger partial charge in [-0.2, -0.15) is 0 Å². The third-order valence-corrected chi connectivity index (χ3v) is 9.53. The summed E-state index contributed by atoms with van der Waals surface area (Å²) in [6, 6.07) is 10.9. The maximum absolute atomic E-state index is 13.6. The first-order valence-electron chi connectivity index (χ1n) is 14.1. The molecule has 1 saturated carbocycles. The maximum Gasteiger partial charge on any atom is 0.326 e. The van der Waals surface area contributed by atoms with Crippen molar-refractivity contribution < 1.29 is 19.1 Å². The van der Waals surface area contributed by atoms with Gasteiger partial charge in [0.15, 0.2) is 0 Å². The summed E-state index contributed by atoms with van der Waals surface area (Å²) in [5.74, 6) is 0.728. The number of amides is 4. The van der Waals surface area contributed by atoms with Crippen LogP contribution in [0.2, 0.25) is 0 Å². The molecule has 3 aliphatic heterocycles. The van der Waals surface area contributed by atoms with E-state index < -0.39 is 0 Å². The number of urea groups is 1. The molecule has 6 rings (SSSR count). The van der Waals surface area contributed by atoms with E-state index in [2.05, 4.69) is 32.8 Å². The average molecular weight is 575 g/mol. The molecular weight excluding hydrogens is 540 g/mol. The standard InChI is InChI=1S/C30H34N6O4S/c1-3-23(37)33-18-8-7-9-19(15-18)34-28(38)27-26-25-21(12-13-31-29(25)41-27)36(30(39)35-26)22-16-32-24(14-17(22)2)40-20-10-5-4-6-11-20/h3-6,10-11,14,16,18-19,21,25,29,31H,1,7-9,12-13,15H2,2H3,(H,33,37)(H,34,38)(H,35,39)/t18-,19-,21?,25?,29?/m0/s1. The highest BCUT2D eigenvalue weighted by Gasteiger charge is 2.52. The third kappa shape index (κ3) is 5.56. The second-order valence-corrected chi connectivity index (χ2v) is 12.0. The highest BCUT2D eigenvalue weighted by Crippen LogP contribution is 2.48. The summed E-state index contributed by atoms with van der Waals surface area (Å²) in [6.07, 6.45) is 7.03. The molecule has 3 unspecified atom stereocenters. The number of pyridine rings is 1. The van der Waals surface area contributed by atoms with E-state index in [-0.39, 0.29) is 47.3 Å². The van der Waals surface area contributed by atoms with Gasteiger partial charge in [-0.15, -0.1) is 0 Å². The largest absolute Gasteiger partial charge is 0.439 e. The van der Waals surface area contributed by atoms with Crippen molar-refractivity contribution in [1.82, 2.24) is 26.3 Å². The van der Waals surface area contributed by atoms with Crippen LogP contribution in [0.3, 0.4) is 0 Å². The number of aromatic nitrogens is 1. The SMILES string of the molecule is C=CC(=O)N[C@H]1CCC[C@H](NC(=O)C2=C3NC(=O)N(c4cnc(Oc5ccccc5)cc4C)C4CCNC(S2)C34)C1. The molecular formula is C30H34N6O4S. The first kappa shape index (κ1) is 27.3. The molecule has 0 bridgehead atoms. The van der Waals surface area contributed by atoms with Crippen molar-refractivity contribution in [2.45, 2.75) is 62.5 Å². The number of ether oxygens (including phenoxy) is 1. The van der Waals surface area contributed by atoms with E-state index >= 15 is 0 Å². The van der Waals surface area contributed by atoms with Crippen LogP contribution in [-0.4, -0.2) is 52.9 Å². The Labute approximate surface area is 243 Å². The van der Waals surface area contributed by atoms with E-state index in [1.807, 2.05) is 43.3 Å². The Balaban J connectivity index is 1.20. The third-order valence-electron chi connectivity index (χ3n) is 8.17. The Morgan fingerprint density at radius 3 is 2.71 bits per heavy atom. The van der Waals surface area contributed by atoms with Crippen LogP contribution in [0.1, 0.15) is 37.7 Å². The summed E-state index contributed by atoms with van der Waals surface area (Å²) < 4.78 is 5.89. The van der Waals surface area contributed by atoms with E-state index in [4.69, 9.17) is 4.74 Å². The second kappa shape index (κ2) is 11.6. The molecule has 4 heterocycles. The van der Waals surface area contributed by atoms with Crippen LogP contribution in [0, 0.1) is 12.8 Å². The highest BCUT2D eigenvalue weighted by molar-refractivity contribution is 8.04. The molecule has 1 aliphatic carbocycles. The summed E-state index contributed by atoms with van der Waals surface area (Å²) in [5, 5.41) is 12.7. The average Bonchev–Trinajstić information content (AvgIpc) is 3.34. The topological polar surface area (TPSA) is 125 Å². The number of hydrogen-bond donors (Lipinski definition) is 4. The van der Waals surface area contributed by atoms with Crippen LogP contribution in [-0.2, 0) is 9.59 Å². The number of rotatable bonds is 7. The minimum Gasteiger partial charge on any atom is -0.439 e. The monoisotopic (exact) mass is 574 g/mol. The Bertz CT molecular complexity index is 1400. The lowest BCUT2D eigenvalue weighted by Crippen LogP contribution is -2.62. The van der Waals surface area contributed by atoms with Gasteiger partial charge in [-0.3, -0.25) is 14.5 Å². The molecule has 4 N–H and O–H groups in total. The predicted octanol–water partition coefficient (Wildman–Crippen LogP) is 3.70. The van der Waals surface area contributed by atoms with E-state index in [1.165, 1.54) is 17.8 Å². The van der Waals surface area contributed by atoms with Crippen LogP contribution in [0.4, 0.5) is 10.5 Å². The minimum absolute atomic E-state index is 0.00586. The van der Waals surface area contributed by atoms with Crippen molar-refractivity contribution in [3.8, 4) is 11.6 Å². The number of nitrogens with zero attached hydrogens (tertiary/aromatic N) is 2. The van der Waals surface area contributed by atoms with Gasteiger partial charge in [-0.1, -0.05) is 36.5 Å². The molecule has 11 heteroatoms. The number of nitrogens with one attached hydrogen (secondary N) is 4. The van der Waals surface area contributed by atoms with Crippen LogP contribution in [0.25, 0.3) is 0 Å². The van der Waals surface area contributed by atoms with Crippen LogP contribution >= 0.6 is 11.8 Å². The Morgan fingerprint density at radius 1 is 1.17 bits per heavy atom. The van der Waals surface area contributed by atoms with Crippen molar-refractivity contribution >= 4 is 35.3 Å². The van der Waals surface area contributed by atoms with Gasteiger partial charge in [0.05, 0.1) is 28.2 Å². The zero-order valence-electron chi connectivity index (χ0n) is 22.9. The maximum atomic E-state index is 13.6. The van der Waals surface area contributed by atoms with Crippen molar-refractivity contribution in [3.05, 3.63) is 71.4 Å². The number of thioether (sulfide) groups is 1. The quantitative estimate of drug-likeness (QED) is 0.372. The smallest absolute Gasteiger partial charge is 0.326 e. The molecule has 0 spiro atoms. The second-order valence-electron chi connectivity index (χ2n) is 10.9. The molecule has 214 valence electrons. The molecule has 2 aromatic rings. The van der Waals surface area contributed by atoms with Gasteiger partial charge in [0.25, 0.3) is 5.91 Å². The lowest BCUT2D eigenvalue weighted by molar-refractivity contribution is -0.117. The Morgan fingerprint density at radius 2 is 1.95 bits per heavy atom. The van der Waals surface area contributed by atoms with Gasteiger partial charge in [-0.25, -0.2) is 9.78 Å². The first-order valence-corrected chi connectivity index (χ1v) is 15.0. The van der Waals surface area contributed by atoms with Crippen LogP contribution < -0.4 is 30.9 Å². The summed E-state index contributed by atoms with van der Waals surface area (Å²) >= 11 is 1.49. The van der Waals surface area contributed by atoms with Crippen molar-refractivity contribution in [3.63, 3.8) is 0 Å². The van der Waals surface area contributed by atoms with Crippen molar-refractivity contribution in [2.24, 2.45) is 5.92 Å². The fraction of sp³-hybridized carbons (Fsp3) is 0.400. The van der Waals surface area contributed by atoms with Gasteiger partial charge in [-0.05, 0) is 69.3 Å². The number of aryl methyl sites for hydroxylation is 1. The van der Waals surface area contributed by atoms with Gasteiger partial charge in [0, 0.05) is 29.8 Å². The molecule has 10 nitrogen and oxygen atoms in total. The normalized spacial score (nSPS) is 27.0. The van der Waals surface area contributed by atoms with E-state index in [0.717, 1.165) is 43.5 Å². The minimum atomic E-state index is -0.263. The van der Waals surface area contributed by atoms with Gasteiger partial charge < -0.3 is 26.0 Å². The van der Waals surface area contributed by atoms with Gasteiger partial charge in [0.2, 0.25) is 11.8 Å². The molecule has 5 atom stereocenters. The first-order chi connectivity index (χ1) is 19.9. The molecule has 4 amide bonds. The number of anilines is 1. The summed E-state index contributed by atoms with van der Waals surface area (Å²) in [6.45, 7) is 6.21. The molecule has 3 fully saturated rings. The van der Waals surface area contributed by atoms with Crippen LogP contribution in [0.15, 0.2) is 65.9 Å². The lowest BCUT2D eigenvalue weighted by atomic mass is 9.86. The fourth-order valence-corrected chi connectivity index (χ4v) is 7.70. The molecule has 2 saturated heterocycles. The molecule has 41 heavy (non-hydrogen) atoms. The van der Waals surface area contributed by atoms with Crippen molar-refractivity contribution in [2.75, 3.05) is 11.4 Å². The summed E-state index contributed by atoms with van der Waals surface area (Å²) in [7, 11) is 0. The summed E-state index contributed by atoms with van der Waals surface area (Å²) in [5.41, 5.74) is 2.30. The predicted molar refractivity (Wildman–Crippen MR) is 157 cm³/mol. The van der Waals surface area contributed by atoms with E-state index in [0.29, 0.717) is 28.7 Å². The van der Waals surface area contributed by atoms with E-state index in [9.17, 15) is 14.4 Å². The Hall–Kier alpha value is -3.83. The number of piperidine rings is 1. The molecule has 1 aromatic heterocycles. The zero-order chi connectivity index (χ0) is 28.5. The van der Waals surface area contributed by atoms with Crippen LogP contribution in [0.5, 0.6) is 11.6 Å². The van der Waals surface area contributed by atoms with Crippen molar-refractivity contribution in [1.29, 1.82) is 0 Å². The fourth-order valence-electron chi connectivity index (χ4n) is 6.31. The van der Waals surface area contributed by atoms with Gasteiger partial charge in [0.1, 0.15) is 5.75 Å². The van der Waals surface area contributed by atoms with Gasteiger partial charge >= 0.3 is 6.03 Å². The number of carbonyl (C=O) groups is 3. The summed E-state index contributed by atoms with van der Waals surface area (Å²) in [4.78, 5) is 45.8. The Kier molecular flexibility index (Phi) is 7.72. The van der Waals surface area contributed by atoms with E-state index in [1.54, 1.807) is 11.1 Å². The number of carbonyl (C=O) groups excluding carboxylic acids is 3. The zero-order valence-corrected chi connectivity index (χ0v) is 23.7. The molecule has 0 radical (unpaired) electrons. The molecule has 4 aliphatic rings. The number of para-hydroxylation sites is 1. The number of hydrogen-bond acceptors (Lipinski definition) is 7.